The maximum atomic E-state index is 13.6. The monoisotopic (exact) mass is 338 g/mol. The van der Waals surface area contributed by atoms with Crippen LogP contribution in [-0.2, 0) is 18.4 Å². The van der Waals surface area contributed by atoms with Gasteiger partial charge in [0.05, 0.1) is 22.3 Å². The number of benzene rings is 1. The molecule has 0 saturated carbocycles. The van der Waals surface area contributed by atoms with Crippen molar-refractivity contribution in [1.82, 2.24) is 14.8 Å². The van der Waals surface area contributed by atoms with E-state index in [0.29, 0.717) is 5.82 Å². The SMILES string of the molecule is Cn1cnnc1CN1C(=O)C(=O)c2cc(Br)c(F)cc21. The van der Waals surface area contributed by atoms with Crippen molar-refractivity contribution in [2.45, 2.75) is 6.54 Å². The van der Waals surface area contributed by atoms with Crippen molar-refractivity contribution in [3.63, 3.8) is 0 Å². The summed E-state index contributed by atoms with van der Waals surface area (Å²) in [6.07, 6.45) is 1.49. The minimum absolute atomic E-state index is 0.0646. The number of nitrogens with zero attached hydrogens (tertiary/aromatic N) is 4. The molecule has 2 heterocycles. The molecule has 3 rings (SSSR count). The van der Waals surface area contributed by atoms with E-state index in [-0.39, 0.29) is 22.3 Å². The van der Waals surface area contributed by atoms with Gasteiger partial charge in [-0.3, -0.25) is 14.5 Å². The fraction of sp³-hybridized carbons (Fsp3) is 0.167. The highest BCUT2D eigenvalue weighted by Crippen LogP contribution is 2.33. The maximum Gasteiger partial charge on any atom is 0.299 e. The van der Waals surface area contributed by atoms with Crippen molar-refractivity contribution < 1.29 is 14.0 Å². The molecule has 2 aromatic rings. The third kappa shape index (κ3) is 1.83. The molecule has 6 nitrogen and oxygen atoms in total. The minimum atomic E-state index is -0.694. The van der Waals surface area contributed by atoms with Gasteiger partial charge in [-0.2, -0.15) is 0 Å². The number of carbonyl (C=O) groups is 2. The van der Waals surface area contributed by atoms with Crippen LogP contribution in [0.5, 0.6) is 0 Å². The molecule has 0 bridgehead atoms. The van der Waals surface area contributed by atoms with E-state index in [4.69, 9.17) is 0 Å². The van der Waals surface area contributed by atoms with E-state index in [2.05, 4.69) is 26.1 Å². The Balaban J connectivity index is 2.06. The molecule has 0 fully saturated rings. The summed E-state index contributed by atoms with van der Waals surface area (Å²) in [6, 6.07) is 2.49. The average molecular weight is 339 g/mol. The minimum Gasteiger partial charge on any atom is -0.319 e. The van der Waals surface area contributed by atoms with Crippen molar-refractivity contribution in [3.8, 4) is 0 Å². The van der Waals surface area contributed by atoms with Gasteiger partial charge in [0.15, 0.2) is 5.82 Å². The van der Waals surface area contributed by atoms with Crippen LogP contribution in [0.4, 0.5) is 10.1 Å². The van der Waals surface area contributed by atoms with E-state index >= 15 is 0 Å². The summed E-state index contributed by atoms with van der Waals surface area (Å²) >= 11 is 3.00. The van der Waals surface area contributed by atoms with Gasteiger partial charge in [-0.05, 0) is 28.1 Å². The molecule has 8 heteroatoms. The molecule has 1 aliphatic heterocycles. The van der Waals surface area contributed by atoms with Gasteiger partial charge in [0, 0.05) is 7.05 Å². The van der Waals surface area contributed by atoms with Crippen LogP contribution in [-0.4, -0.2) is 26.5 Å². The lowest BCUT2D eigenvalue weighted by Gasteiger charge is -2.15. The number of aromatic nitrogens is 3. The molecule has 20 heavy (non-hydrogen) atoms. The number of rotatable bonds is 2. The molecule has 1 aromatic heterocycles. The van der Waals surface area contributed by atoms with Gasteiger partial charge >= 0.3 is 0 Å². The first kappa shape index (κ1) is 12.9. The van der Waals surface area contributed by atoms with Crippen molar-refractivity contribution in [2.75, 3.05) is 4.90 Å². The molecule has 0 atom stereocenters. The Bertz CT molecular complexity index is 743. The molecule has 0 saturated heterocycles. The van der Waals surface area contributed by atoms with Crippen LogP contribution in [0.25, 0.3) is 0 Å². The lowest BCUT2D eigenvalue weighted by atomic mass is 10.1. The van der Waals surface area contributed by atoms with E-state index in [1.807, 2.05) is 0 Å². The fourth-order valence-electron chi connectivity index (χ4n) is 2.04. The highest BCUT2D eigenvalue weighted by Gasteiger charge is 2.37. The average Bonchev–Trinajstić information content (AvgIpc) is 2.90. The Hall–Kier alpha value is -2.09. The number of Topliss-reactive ketones (excluding diaryl/α,β-unsaturated/α-hetero) is 1. The standard InChI is InChI=1S/C12H8BrFN4O2/c1-17-5-15-16-10(17)4-18-9-3-8(14)7(13)2-6(9)11(19)12(18)20/h2-3,5H,4H2,1H3. The molecule has 1 aromatic carbocycles. The second-order valence-corrected chi connectivity index (χ2v) is 5.22. The van der Waals surface area contributed by atoms with Gasteiger partial charge in [-0.1, -0.05) is 0 Å². The van der Waals surface area contributed by atoms with Gasteiger partial charge in [0.2, 0.25) is 0 Å². The summed E-state index contributed by atoms with van der Waals surface area (Å²) in [6.45, 7) is 0.0646. The Morgan fingerprint density at radius 3 is 2.75 bits per heavy atom. The highest BCUT2D eigenvalue weighted by atomic mass is 79.9. The number of amides is 1. The summed E-state index contributed by atoms with van der Waals surface area (Å²) in [7, 11) is 1.72. The van der Waals surface area contributed by atoms with Gasteiger partial charge in [-0.25, -0.2) is 4.39 Å². The van der Waals surface area contributed by atoms with Gasteiger partial charge in [0.1, 0.15) is 12.1 Å². The molecule has 0 radical (unpaired) electrons. The van der Waals surface area contributed by atoms with E-state index in [1.54, 1.807) is 11.6 Å². The summed E-state index contributed by atoms with van der Waals surface area (Å²) in [5.74, 6) is -1.38. The van der Waals surface area contributed by atoms with Crippen molar-refractivity contribution >= 4 is 33.3 Å². The smallest absolute Gasteiger partial charge is 0.299 e. The Morgan fingerprint density at radius 1 is 1.35 bits per heavy atom. The second-order valence-electron chi connectivity index (χ2n) is 4.36. The molecule has 0 N–H and O–H groups in total. The first-order valence-electron chi connectivity index (χ1n) is 5.67. The molecule has 1 amide bonds. The van der Waals surface area contributed by atoms with E-state index in [0.717, 1.165) is 0 Å². The Labute approximate surface area is 121 Å². The molecular weight excluding hydrogens is 331 g/mol. The molecule has 1 aliphatic rings. The van der Waals surface area contributed by atoms with Crippen molar-refractivity contribution in [2.24, 2.45) is 7.05 Å². The lowest BCUT2D eigenvalue weighted by molar-refractivity contribution is -0.114. The molecular formula is C12H8BrFN4O2. The predicted octanol–water partition coefficient (Wildman–Crippen LogP) is 1.45. The van der Waals surface area contributed by atoms with Crippen LogP contribution in [0.15, 0.2) is 22.9 Å². The number of aryl methyl sites for hydroxylation is 1. The number of fused-ring (bicyclic) bond motifs is 1. The van der Waals surface area contributed by atoms with Crippen molar-refractivity contribution in [3.05, 3.63) is 40.1 Å². The lowest BCUT2D eigenvalue weighted by Crippen LogP contribution is -2.30. The first-order valence-corrected chi connectivity index (χ1v) is 6.46. The Kier molecular flexibility index (Phi) is 2.89. The highest BCUT2D eigenvalue weighted by molar-refractivity contribution is 9.10. The Morgan fingerprint density at radius 2 is 2.10 bits per heavy atom. The first-order chi connectivity index (χ1) is 9.49. The zero-order valence-corrected chi connectivity index (χ0v) is 11.9. The maximum absolute atomic E-state index is 13.6. The zero-order chi connectivity index (χ0) is 14.4. The zero-order valence-electron chi connectivity index (χ0n) is 10.3. The van der Waals surface area contributed by atoms with Crippen LogP contribution in [0, 0.1) is 5.82 Å². The predicted molar refractivity (Wildman–Crippen MR) is 70.6 cm³/mol. The van der Waals surface area contributed by atoms with Crippen molar-refractivity contribution in [1.29, 1.82) is 0 Å². The van der Waals surface area contributed by atoms with Crippen LogP contribution >= 0.6 is 15.9 Å². The number of ketones is 1. The van der Waals surface area contributed by atoms with Gasteiger partial charge < -0.3 is 4.57 Å². The van der Waals surface area contributed by atoms with Crippen LogP contribution in [0.3, 0.4) is 0 Å². The summed E-state index contributed by atoms with van der Waals surface area (Å²) in [4.78, 5) is 25.1. The fourth-order valence-corrected chi connectivity index (χ4v) is 2.38. The van der Waals surface area contributed by atoms with Gasteiger partial charge in [0.25, 0.3) is 11.7 Å². The normalized spacial score (nSPS) is 14.1. The van der Waals surface area contributed by atoms with Crippen LogP contribution < -0.4 is 4.90 Å². The molecule has 0 unspecified atom stereocenters. The van der Waals surface area contributed by atoms with E-state index in [9.17, 15) is 14.0 Å². The quantitative estimate of drug-likeness (QED) is 0.777. The van der Waals surface area contributed by atoms with Crippen LogP contribution in [0.1, 0.15) is 16.2 Å². The van der Waals surface area contributed by atoms with Crippen LogP contribution in [0.2, 0.25) is 0 Å². The number of halogens is 2. The molecule has 0 aliphatic carbocycles. The number of anilines is 1. The number of hydrogen-bond donors (Lipinski definition) is 0. The summed E-state index contributed by atoms with van der Waals surface area (Å²) in [5.41, 5.74) is 0.439. The summed E-state index contributed by atoms with van der Waals surface area (Å²) < 4.78 is 15.4. The second kappa shape index (κ2) is 4.48. The molecule has 0 spiro atoms. The largest absolute Gasteiger partial charge is 0.319 e. The molecule has 102 valence electrons. The summed E-state index contributed by atoms with van der Waals surface area (Å²) in [5, 5.41) is 7.56. The topological polar surface area (TPSA) is 68.1 Å². The van der Waals surface area contributed by atoms with E-state index < -0.39 is 17.5 Å². The van der Waals surface area contributed by atoms with E-state index in [1.165, 1.54) is 23.4 Å². The van der Waals surface area contributed by atoms with Gasteiger partial charge in [-0.15, -0.1) is 10.2 Å². The number of carbonyl (C=O) groups excluding carboxylic acids is 2. The number of hydrogen-bond acceptors (Lipinski definition) is 4. The third-order valence-electron chi connectivity index (χ3n) is 3.12. The third-order valence-corrected chi connectivity index (χ3v) is 3.73.